The van der Waals surface area contributed by atoms with E-state index in [2.05, 4.69) is 0 Å². The molecular weight excluding hydrogens is 228 g/mol. The molecule has 3 heteroatoms. The highest BCUT2D eigenvalue weighted by Crippen LogP contribution is 2.41. The number of rotatable bonds is 1. The first-order valence-electron chi connectivity index (χ1n) is 5.85. The van der Waals surface area contributed by atoms with Crippen LogP contribution in [0.15, 0.2) is 42.5 Å². The highest BCUT2D eigenvalue weighted by molar-refractivity contribution is 5.51. The van der Waals surface area contributed by atoms with Gasteiger partial charge in [-0.2, -0.15) is 0 Å². The van der Waals surface area contributed by atoms with Crippen molar-refractivity contribution in [3.8, 4) is 5.75 Å². The number of aliphatic hydroxyl groups is 2. The van der Waals surface area contributed by atoms with Gasteiger partial charge in [-0.05, 0) is 34.4 Å². The van der Waals surface area contributed by atoms with Gasteiger partial charge in [-0.25, -0.2) is 0 Å². The van der Waals surface area contributed by atoms with E-state index in [-0.39, 0.29) is 0 Å². The lowest BCUT2D eigenvalue weighted by Gasteiger charge is -2.29. The summed E-state index contributed by atoms with van der Waals surface area (Å²) in [6.07, 6.45) is -1.40. The third-order valence-corrected chi connectivity index (χ3v) is 3.47. The average Bonchev–Trinajstić information content (AvgIpc) is 2.44. The van der Waals surface area contributed by atoms with Crippen LogP contribution in [0.5, 0.6) is 5.75 Å². The zero-order valence-electron chi connectivity index (χ0n) is 10.00. The molecule has 0 saturated carbocycles. The highest BCUT2D eigenvalue weighted by atomic mass is 16.5. The lowest BCUT2D eigenvalue weighted by Crippen LogP contribution is -2.17. The van der Waals surface area contributed by atoms with Crippen LogP contribution in [0.25, 0.3) is 0 Å². The summed E-state index contributed by atoms with van der Waals surface area (Å²) in [4.78, 5) is 0. The quantitative estimate of drug-likeness (QED) is 0.805. The van der Waals surface area contributed by atoms with Crippen LogP contribution in [0.3, 0.4) is 0 Å². The Hall–Kier alpha value is -1.84. The summed E-state index contributed by atoms with van der Waals surface area (Å²) >= 11 is 0. The summed E-state index contributed by atoms with van der Waals surface area (Å²) in [5, 5.41) is 20.7. The molecule has 0 aliphatic heterocycles. The van der Waals surface area contributed by atoms with Crippen molar-refractivity contribution in [2.45, 2.75) is 12.2 Å². The monoisotopic (exact) mass is 242 g/mol. The zero-order valence-corrected chi connectivity index (χ0v) is 10.00. The van der Waals surface area contributed by atoms with Crippen LogP contribution in [-0.4, -0.2) is 17.3 Å². The van der Waals surface area contributed by atoms with Crippen LogP contribution >= 0.6 is 0 Å². The van der Waals surface area contributed by atoms with Gasteiger partial charge < -0.3 is 14.9 Å². The van der Waals surface area contributed by atoms with E-state index in [1.165, 1.54) is 0 Å². The van der Waals surface area contributed by atoms with Gasteiger partial charge >= 0.3 is 0 Å². The molecule has 2 N–H and O–H groups in total. The predicted octanol–water partition coefficient (Wildman–Crippen LogP) is 2.17. The van der Waals surface area contributed by atoms with Crippen molar-refractivity contribution in [2.75, 3.05) is 7.11 Å². The smallest absolute Gasteiger partial charge is 0.119 e. The van der Waals surface area contributed by atoms with Crippen molar-refractivity contribution >= 4 is 0 Å². The Bertz CT molecular complexity index is 592. The molecule has 0 heterocycles. The topological polar surface area (TPSA) is 49.7 Å². The summed E-state index contributed by atoms with van der Waals surface area (Å²) in [7, 11) is 1.58. The predicted molar refractivity (Wildman–Crippen MR) is 67.6 cm³/mol. The second-order valence-electron chi connectivity index (χ2n) is 4.43. The molecule has 2 aromatic carbocycles. The summed E-state index contributed by atoms with van der Waals surface area (Å²) < 4.78 is 5.16. The highest BCUT2D eigenvalue weighted by Gasteiger charge is 2.29. The van der Waals surface area contributed by atoms with Crippen molar-refractivity contribution in [3.63, 3.8) is 0 Å². The molecule has 3 rings (SSSR count). The van der Waals surface area contributed by atoms with Crippen molar-refractivity contribution in [3.05, 3.63) is 64.7 Å². The number of fused-ring (bicyclic) bond motifs is 2. The van der Waals surface area contributed by atoms with Crippen molar-refractivity contribution in [2.24, 2.45) is 0 Å². The third-order valence-electron chi connectivity index (χ3n) is 3.47. The third kappa shape index (κ3) is 1.52. The number of benzene rings is 2. The van der Waals surface area contributed by atoms with Gasteiger partial charge in [0.15, 0.2) is 0 Å². The summed E-state index contributed by atoms with van der Waals surface area (Å²) in [5.74, 6) is 0.680. The fourth-order valence-corrected chi connectivity index (χ4v) is 2.51. The van der Waals surface area contributed by atoms with Gasteiger partial charge in [0.25, 0.3) is 0 Å². The molecule has 2 aromatic rings. The standard InChI is InChI=1S/C15H14O3/c1-18-9-6-7-12-13(8-9)15(17)11-5-3-2-4-10(11)14(12)16/h2-8,14-17H,1H3. The molecule has 0 saturated heterocycles. The molecule has 18 heavy (non-hydrogen) atoms. The lowest BCUT2D eigenvalue weighted by molar-refractivity contribution is 0.173. The number of hydrogen-bond acceptors (Lipinski definition) is 3. The first kappa shape index (κ1) is 11.3. The van der Waals surface area contributed by atoms with E-state index in [4.69, 9.17) is 4.74 Å². The lowest BCUT2D eigenvalue weighted by atomic mass is 9.82. The fourth-order valence-electron chi connectivity index (χ4n) is 2.51. The first-order valence-corrected chi connectivity index (χ1v) is 5.85. The van der Waals surface area contributed by atoms with E-state index in [1.807, 2.05) is 24.3 Å². The van der Waals surface area contributed by atoms with Crippen LogP contribution in [0.4, 0.5) is 0 Å². The molecule has 92 valence electrons. The van der Waals surface area contributed by atoms with Gasteiger partial charge in [0.2, 0.25) is 0 Å². The van der Waals surface area contributed by atoms with Gasteiger partial charge in [0, 0.05) is 0 Å². The Morgan fingerprint density at radius 2 is 1.39 bits per heavy atom. The molecule has 0 amide bonds. The molecule has 0 radical (unpaired) electrons. The summed E-state index contributed by atoms with van der Waals surface area (Å²) in [6.45, 7) is 0. The Balaban J connectivity index is 2.20. The molecule has 1 aliphatic carbocycles. The molecule has 0 bridgehead atoms. The zero-order chi connectivity index (χ0) is 12.7. The number of ether oxygens (including phenoxy) is 1. The number of hydrogen-bond donors (Lipinski definition) is 2. The van der Waals surface area contributed by atoms with E-state index in [1.54, 1.807) is 25.3 Å². The molecule has 2 atom stereocenters. The maximum absolute atomic E-state index is 10.4. The minimum Gasteiger partial charge on any atom is -0.497 e. The molecule has 0 aromatic heterocycles. The number of aliphatic hydroxyl groups excluding tert-OH is 2. The Labute approximate surface area is 105 Å². The van der Waals surface area contributed by atoms with Crippen molar-refractivity contribution in [1.29, 1.82) is 0 Å². The normalized spacial score (nSPS) is 21.1. The van der Waals surface area contributed by atoms with E-state index in [0.29, 0.717) is 11.3 Å². The Kier molecular flexibility index (Phi) is 2.58. The van der Waals surface area contributed by atoms with Crippen LogP contribution in [0, 0.1) is 0 Å². The number of methoxy groups -OCH3 is 1. The molecule has 2 unspecified atom stereocenters. The Morgan fingerprint density at radius 1 is 0.833 bits per heavy atom. The molecular formula is C15H14O3. The van der Waals surface area contributed by atoms with E-state index in [0.717, 1.165) is 16.7 Å². The minimum atomic E-state index is -0.713. The van der Waals surface area contributed by atoms with Gasteiger partial charge in [0.1, 0.15) is 18.0 Å². The van der Waals surface area contributed by atoms with Crippen LogP contribution in [-0.2, 0) is 0 Å². The molecule has 0 spiro atoms. The first-order chi connectivity index (χ1) is 8.72. The second kappa shape index (κ2) is 4.12. The van der Waals surface area contributed by atoms with Crippen LogP contribution in [0.2, 0.25) is 0 Å². The Morgan fingerprint density at radius 3 is 2.00 bits per heavy atom. The minimum absolute atomic E-state index is 0.680. The fraction of sp³-hybridized carbons (Fsp3) is 0.200. The molecule has 0 fully saturated rings. The maximum Gasteiger partial charge on any atom is 0.119 e. The van der Waals surface area contributed by atoms with E-state index in [9.17, 15) is 10.2 Å². The second-order valence-corrected chi connectivity index (χ2v) is 4.43. The maximum atomic E-state index is 10.4. The van der Waals surface area contributed by atoms with Crippen molar-refractivity contribution < 1.29 is 14.9 Å². The average molecular weight is 242 g/mol. The molecule has 1 aliphatic rings. The summed E-state index contributed by atoms with van der Waals surface area (Å²) in [5.41, 5.74) is 2.97. The molecule has 3 nitrogen and oxygen atoms in total. The van der Waals surface area contributed by atoms with E-state index < -0.39 is 12.2 Å². The largest absolute Gasteiger partial charge is 0.497 e. The van der Waals surface area contributed by atoms with E-state index >= 15 is 0 Å². The van der Waals surface area contributed by atoms with Crippen LogP contribution < -0.4 is 4.74 Å². The SMILES string of the molecule is COc1ccc2c(c1)C(O)c1ccccc1C2O. The van der Waals surface area contributed by atoms with Gasteiger partial charge in [-0.3, -0.25) is 0 Å². The van der Waals surface area contributed by atoms with Gasteiger partial charge in [0.05, 0.1) is 7.11 Å². The summed E-state index contributed by atoms with van der Waals surface area (Å²) in [6, 6.07) is 12.8. The van der Waals surface area contributed by atoms with Crippen LogP contribution in [0.1, 0.15) is 34.5 Å². The van der Waals surface area contributed by atoms with Crippen molar-refractivity contribution in [1.82, 2.24) is 0 Å². The van der Waals surface area contributed by atoms with Gasteiger partial charge in [-0.15, -0.1) is 0 Å². The van der Waals surface area contributed by atoms with Gasteiger partial charge in [-0.1, -0.05) is 30.3 Å².